The van der Waals surface area contributed by atoms with E-state index in [-0.39, 0.29) is 0 Å². The Morgan fingerprint density at radius 2 is 1.82 bits per heavy atom. The number of alkyl halides is 1. The van der Waals surface area contributed by atoms with Gasteiger partial charge in [0, 0.05) is 36.4 Å². The predicted molar refractivity (Wildman–Crippen MR) is 68.2 cm³/mol. The second-order valence-corrected chi connectivity index (χ2v) is 4.82. The van der Waals surface area contributed by atoms with Crippen molar-refractivity contribution in [2.75, 3.05) is 23.3 Å². The summed E-state index contributed by atoms with van der Waals surface area (Å²) in [7, 11) is 0. The van der Waals surface area contributed by atoms with Gasteiger partial charge in [-0.1, -0.05) is 15.9 Å². The summed E-state index contributed by atoms with van der Waals surface area (Å²) in [5, 5.41) is 19.6. The lowest BCUT2D eigenvalue weighted by Crippen LogP contribution is -2.22. The van der Waals surface area contributed by atoms with E-state index < -0.39 is 12.2 Å². The highest BCUT2D eigenvalue weighted by molar-refractivity contribution is 9.09. The lowest BCUT2D eigenvalue weighted by molar-refractivity contribution is 0.0338. The number of nitrogens with zero attached hydrogens (tertiary/aromatic N) is 3. The van der Waals surface area contributed by atoms with E-state index in [1.165, 1.54) is 12.8 Å². The van der Waals surface area contributed by atoms with E-state index in [9.17, 15) is 10.2 Å². The predicted octanol–water partition coefficient (Wildman–Crippen LogP) is 0.866. The molecule has 17 heavy (non-hydrogen) atoms. The normalized spacial score (nSPS) is 19.4. The molecule has 1 aliphatic rings. The van der Waals surface area contributed by atoms with Gasteiger partial charge in [-0.25, -0.2) is 9.97 Å². The molecule has 2 unspecified atom stereocenters. The highest BCUT2D eigenvalue weighted by Crippen LogP contribution is 2.19. The number of hydrogen-bond donors (Lipinski definition) is 2. The summed E-state index contributed by atoms with van der Waals surface area (Å²) < 4.78 is 0. The van der Waals surface area contributed by atoms with Crippen molar-refractivity contribution in [3.8, 4) is 0 Å². The molecule has 5 nitrogen and oxygen atoms in total. The minimum Gasteiger partial charge on any atom is -0.389 e. The van der Waals surface area contributed by atoms with Gasteiger partial charge < -0.3 is 15.1 Å². The summed E-state index contributed by atoms with van der Waals surface area (Å²) in [6.07, 6.45) is 3.73. The van der Waals surface area contributed by atoms with Gasteiger partial charge in [0.25, 0.3) is 0 Å². The van der Waals surface area contributed by atoms with Crippen molar-refractivity contribution in [2.45, 2.75) is 25.0 Å². The van der Waals surface area contributed by atoms with Gasteiger partial charge in [0.1, 0.15) is 6.10 Å². The smallest absolute Gasteiger partial charge is 0.225 e. The average molecular weight is 302 g/mol. The number of aliphatic hydroxyl groups is 2. The van der Waals surface area contributed by atoms with E-state index in [0.717, 1.165) is 13.1 Å². The Bertz CT molecular complexity index is 354. The van der Waals surface area contributed by atoms with Gasteiger partial charge in [-0.05, 0) is 12.8 Å². The molecule has 1 aliphatic heterocycles. The van der Waals surface area contributed by atoms with Crippen LogP contribution in [0.15, 0.2) is 12.4 Å². The van der Waals surface area contributed by atoms with Crippen LogP contribution >= 0.6 is 15.9 Å². The summed E-state index contributed by atoms with van der Waals surface area (Å²) in [6.45, 7) is 1.98. The molecule has 0 bridgehead atoms. The molecule has 1 aromatic heterocycles. The van der Waals surface area contributed by atoms with Crippen molar-refractivity contribution in [2.24, 2.45) is 0 Å². The van der Waals surface area contributed by atoms with Crippen LogP contribution in [0.25, 0.3) is 0 Å². The zero-order chi connectivity index (χ0) is 12.3. The summed E-state index contributed by atoms with van der Waals surface area (Å²) in [4.78, 5) is 10.6. The third kappa shape index (κ3) is 2.94. The van der Waals surface area contributed by atoms with Crippen LogP contribution in [0.5, 0.6) is 0 Å². The van der Waals surface area contributed by atoms with Crippen molar-refractivity contribution < 1.29 is 10.2 Å². The van der Waals surface area contributed by atoms with Gasteiger partial charge in [-0.2, -0.15) is 0 Å². The largest absolute Gasteiger partial charge is 0.389 e. The quantitative estimate of drug-likeness (QED) is 0.808. The first kappa shape index (κ1) is 12.7. The Labute approximate surface area is 109 Å². The molecule has 0 radical (unpaired) electrons. The van der Waals surface area contributed by atoms with Crippen LogP contribution in [0, 0.1) is 0 Å². The summed E-state index contributed by atoms with van der Waals surface area (Å²) in [5.41, 5.74) is 0.542. The summed E-state index contributed by atoms with van der Waals surface area (Å²) >= 11 is 3.12. The van der Waals surface area contributed by atoms with Crippen LogP contribution in [0.1, 0.15) is 24.5 Å². The maximum Gasteiger partial charge on any atom is 0.225 e. The van der Waals surface area contributed by atoms with Gasteiger partial charge in [-0.15, -0.1) is 0 Å². The number of anilines is 1. The number of aliphatic hydroxyl groups excluding tert-OH is 2. The van der Waals surface area contributed by atoms with Crippen molar-refractivity contribution in [3.63, 3.8) is 0 Å². The van der Waals surface area contributed by atoms with E-state index in [4.69, 9.17) is 0 Å². The van der Waals surface area contributed by atoms with Gasteiger partial charge in [0.05, 0.1) is 6.10 Å². The second-order valence-electron chi connectivity index (χ2n) is 4.18. The minimum absolute atomic E-state index is 0.321. The van der Waals surface area contributed by atoms with Crippen LogP contribution in [0.2, 0.25) is 0 Å². The number of halogens is 1. The molecular weight excluding hydrogens is 286 g/mol. The number of rotatable bonds is 4. The fourth-order valence-electron chi connectivity index (χ4n) is 1.87. The van der Waals surface area contributed by atoms with Crippen LogP contribution in [0.4, 0.5) is 5.95 Å². The van der Waals surface area contributed by atoms with Crippen molar-refractivity contribution in [1.82, 2.24) is 9.97 Å². The fourth-order valence-corrected chi connectivity index (χ4v) is 2.22. The Morgan fingerprint density at radius 1 is 1.24 bits per heavy atom. The van der Waals surface area contributed by atoms with E-state index >= 15 is 0 Å². The van der Waals surface area contributed by atoms with Crippen LogP contribution in [-0.4, -0.2) is 44.7 Å². The van der Waals surface area contributed by atoms with Gasteiger partial charge in [0.15, 0.2) is 0 Å². The molecule has 94 valence electrons. The average Bonchev–Trinajstić information content (AvgIpc) is 2.91. The molecule has 2 rings (SSSR count). The first-order valence-corrected chi connectivity index (χ1v) is 6.83. The van der Waals surface area contributed by atoms with E-state index in [2.05, 4.69) is 30.8 Å². The SMILES string of the molecule is OC(CBr)C(O)c1cnc(N2CCCC2)nc1. The molecule has 2 N–H and O–H groups in total. The third-order valence-corrected chi connectivity index (χ3v) is 3.57. The van der Waals surface area contributed by atoms with Crippen molar-refractivity contribution in [3.05, 3.63) is 18.0 Å². The monoisotopic (exact) mass is 301 g/mol. The van der Waals surface area contributed by atoms with Gasteiger partial charge in [0.2, 0.25) is 5.95 Å². The molecule has 1 fully saturated rings. The van der Waals surface area contributed by atoms with Crippen molar-refractivity contribution in [1.29, 1.82) is 0 Å². The zero-order valence-electron chi connectivity index (χ0n) is 9.46. The molecule has 0 spiro atoms. The Morgan fingerprint density at radius 3 is 2.35 bits per heavy atom. The standard InChI is InChI=1S/C11H16BrN3O2/c12-5-9(16)10(17)8-6-13-11(14-7-8)15-3-1-2-4-15/h6-7,9-10,16-17H,1-5H2. The summed E-state index contributed by atoms with van der Waals surface area (Å²) in [6, 6.07) is 0. The van der Waals surface area contributed by atoms with Crippen LogP contribution < -0.4 is 4.90 Å². The topological polar surface area (TPSA) is 69.5 Å². The molecule has 0 saturated carbocycles. The van der Waals surface area contributed by atoms with E-state index in [1.807, 2.05) is 0 Å². The maximum atomic E-state index is 9.77. The molecule has 6 heteroatoms. The highest BCUT2D eigenvalue weighted by Gasteiger charge is 2.19. The second kappa shape index (κ2) is 5.75. The minimum atomic E-state index is -0.943. The number of hydrogen-bond acceptors (Lipinski definition) is 5. The molecular formula is C11H16BrN3O2. The Hall–Kier alpha value is -0.720. The van der Waals surface area contributed by atoms with Crippen molar-refractivity contribution >= 4 is 21.9 Å². The van der Waals surface area contributed by atoms with Crippen LogP contribution in [-0.2, 0) is 0 Å². The summed E-state index contributed by atoms with van der Waals surface area (Å²) in [5.74, 6) is 0.701. The molecule has 2 heterocycles. The molecule has 1 aromatic rings. The maximum absolute atomic E-state index is 9.77. The molecule has 1 saturated heterocycles. The Balaban J connectivity index is 2.06. The first-order chi connectivity index (χ1) is 8.22. The third-order valence-electron chi connectivity index (χ3n) is 2.91. The highest BCUT2D eigenvalue weighted by atomic mass is 79.9. The molecule has 0 aromatic carbocycles. The van der Waals surface area contributed by atoms with Gasteiger partial charge >= 0.3 is 0 Å². The van der Waals surface area contributed by atoms with Crippen LogP contribution in [0.3, 0.4) is 0 Å². The Kier molecular flexibility index (Phi) is 4.31. The first-order valence-electron chi connectivity index (χ1n) is 5.71. The lowest BCUT2D eigenvalue weighted by atomic mass is 10.1. The molecule has 0 amide bonds. The lowest BCUT2D eigenvalue weighted by Gasteiger charge is -2.17. The fraction of sp³-hybridized carbons (Fsp3) is 0.636. The number of aromatic nitrogens is 2. The van der Waals surface area contributed by atoms with E-state index in [0.29, 0.717) is 16.8 Å². The van der Waals surface area contributed by atoms with E-state index in [1.54, 1.807) is 12.4 Å². The van der Waals surface area contributed by atoms with Gasteiger partial charge in [-0.3, -0.25) is 0 Å². The molecule has 2 atom stereocenters. The molecule has 0 aliphatic carbocycles. The zero-order valence-corrected chi connectivity index (χ0v) is 11.0.